The predicted octanol–water partition coefficient (Wildman–Crippen LogP) is 1.66. The molecule has 0 aliphatic rings. The van der Waals surface area contributed by atoms with Crippen LogP contribution in [0.25, 0.3) is 0 Å². The number of hydrogen-bond donors (Lipinski definition) is 1. The molecule has 0 aromatic rings. The van der Waals surface area contributed by atoms with Gasteiger partial charge in [-0.15, -0.1) is 0 Å². The number of Topliss-reactive ketones (excluding diaryl/α,β-unsaturated/α-hetero) is 1. The molecule has 1 amide bonds. The van der Waals surface area contributed by atoms with E-state index in [1.807, 2.05) is 13.8 Å². The second kappa shape index (κ2) is 6.63. The third kappa shape index (κ3) is 5.39. The van der Waals surface area contributed by atoms with Crippen LogP contribution in [0.2, 0.25) is 0 Å². The molecule has 3 heteroatoms. The molecule has 0 aliphatic heterocycles. The number of rotatable bonds is 6. The highest BCUT2D eigenvalue weighted by atomic mass is 16.2. The van der Waals surface area contributed by atoms with Crippen LogP contribution in [0.3, 0.4) is 0 Å². The lowest BCUT2D eigenvalue weighted by Gasteiger charge is -2.15. The van der Waals surface area contributed by atoms with Gasteiger partial charge in [0.2, 0.25) is 5.91 Å². The maximum absolute atomic E-state index is 11.5. The van der Waals surface area contributed by atoms with Crippen molar-refractivity contribution in [2.45, 2.75) is 52.5 Å². The Bertz CT molecular complexity index is 178. The fourth-order valence-electron chi connectivity index (χ4n) is 1.27. The van der Waals surface area contributed by atoms with Gasteiger partial charge < -0.3 is 5.32 Å². The second-order valence-corrected chi connectivity index (χ2v) is 3.26. The standard InChI is InChI=1S/C10H19NO2/c1-4-6-9(11-8(3)12)10(13)7-5-2/h9H,4-7H2,1-3H3,(H,11,12)/t9-/m0/s1. The van der Waals surface area contributed by atoms with Gasteiger partial charge >= 0.3 is 0 Å². The highest BCUT2D eigenvalue weighted by Gasteiger charge is 2.16. The van der Waals surface area contributed by atoms with E-state index in [0.717, 1.165) is 19.3 Å². The lowest BCUT2D eigenvalue weighted by Crippen LogP contribution is -2.39. The van der Waals surface area contributed by atoms with Gasteiger partial charge in [0.05, 0.1) is 6.04 Å². The van der Waals surface area contributed by atoms with Gasteiger partial charge in [0.15, 0.2) is 5.78 Å². The summed E-state index contributed by atoms with van der Waals surface area (Å²) in [5, 5.41) is 2.68. The molecule has 0 unspecified atom stereocenters. The molecular weight excluding hydrogens is 166 g/mol. The van der Waals surface area contributed by atoms with E-state index in [4.69, 9.17) is 0 Å². The van der Waals surface area contributed by atoms with Gasteiger partial charge in [-0.3, -0.25) is 9.59 Å². The van der Waals surface area contributed by atoms with Gasteiger partial charge in [0.1, 0.15) is 0 Å². The van der Waals surface area contributed by atoms with E-state index in [1.165, 1.54) is 6.92 Å². The van der Waals surface area contributed by atoms with Crippen molar-refractivity contribution >= 4 is 11.7 Å². The molecule has 0 bridgehead atoms. The minimum Gasteiger partial charge on any atom is -0.347 e. The number of ketones is 1. The van der Waals surface area contributed by atoms with E-state index >= 15 is 0 Å². The maximum Gasteiger partial charge on any atom is 0.217 e. The van der Waals surface area contributed by atoms with Crippen LogP contribution < -0.4 is 5.32 Å². The van der Waals surface area contributed by atoms with Crippen molar-refractivity contribution in [1.82, 2.24) is 5.32 Å². The SMILES string of the molecule is CCCC(=O)[C@H](CCC)NC(C)=O. The number of carbonyl (C=O) groups excluding carboxylic acids is 2. The zero-order chi connectivity index (χ0) is 10.3. The lowest BCUT2D eigenvalue weighted by molar-refractivity contribution is -0.126. The van der Waals surface area contributed by atoms with Crippen molar-refractivity contribution < 1.29 is 9.59 Å². The molecular formula is C10H19NO2. The molecule has 1 atom stereocenters. The van der Waals surface area contributed by atoms with Crippen LogP contribution in [0.15, 0.2) is 0 Å². The fourth-order valence-corrected chi connectivity index (χ4v) is 1.27. The van der Waals surface area contributed by atoms with Crippen LogP contribution in [0.5, 0.6) is 0 Å². The highest BCUT2D eigenvalue weighted by Crippen LogP contribution is 2.02. The van der Waals surface area contributed by atoms with Gasteiger partial charge in [0, 0.05) is 13.3 Å². The topological polar surface area (TPSA) is 46.2 Å². The molecule has 0 aliphatic carbocycles. The Balaban J connectivity index is 4.06. The Kier molecular flexibility index (Phi) is 6.20. The van der Waals surface area contributed by atoms with Crippen molar-refractivity contribution in [3.05, 3.63) is 0 Å². The summed E-state index contributed by atoms with van der Waals surface area (Å²) in [5.41, 5.74) is 0. The van der Waals surface area contributed by atoms with Crippen molar-refractivity contribution in [2.75, 3.05) is 0 Å². The summed E-state index contributed by atoms with van der Waals surface area (Å²) in [6.45, 7) is 5.42. The Morgan fingerprint density at radius 1 is 1.23 bits per heavy atom. The molecule has 13 heavy (non-hydrogen) atoms. The van der Waals surface area contributed by atoms with Gasteiger partial charge in [0.25, 0.3) is 0 Å². The minimum atomic E-state index is -0.262. The molecule has 3 nitrogen and oxygen atoms in total. The van der Waals surface area contributed by atoms with Crippen LogP contribution in [0.1, 0.15) is 46.5 Å². The summed E-state index contributed by atoms with van der Waals surface area (Å²) >= 11 is 0. The van der Waals surface area contributed by atoms with E-state index in [9.17, 15) is 9.59 Å². The largest absolute Gasteiger partial charge is 0.347 e. The molecule has 0 radical (unpaired) electrons. The molecule has 76 valence electrons. The summed E-state index contributed by atoms with van der Waals surface area (Å²) in [5.74, 6) is 0.0300. The van der Waals surface area contributed by atoms with Crippen LogP contribution in [0, 0.1) is 0 Å². The number of nitrogens with one attached hydrogen (secondary N) is 1. The molecule has 0 aromatic carbocycles. The van der Waals surface area contributed by atoms with Crippen molar-refractivity contribution in [3.63, 3.8) is 0 Å². The zero-order valence-corrected chi connectivity index (χ0v) is 8.72. The van der Waals surface area contributed by atoms with Crippen LogP contribution >= 0.6 is 0 Å². The summed E-state index contributed by atoms with van der Waals surface area (Å²) in [6, 6.07) is -0.262. The van der Waals surface area contributed by atoms with Gasteiger partial charge in [-0.25, -0.2) is 0 Å². The maximum atomic E-state index is 11.5. The van der Waals surface area contributed by atoms with Gasteiger partial charge in [-0.1, -0.05) is 20.3 Å². The van der Waals surface area contributed by atoms with Crippen molar-refractivity contribution in [3.8, 4) is 0 Å². The first kappa shape index (κ1) is 12.1. The Labute approximate surface area is 79.9 Å². The first-order chi connectivity index (χ1) is 6.11. The van der Waals surface area contributed by atoms with Crippen LogP contribution in [-0.2, 0) is 9.59 Å². The Hall–Kier alpha value is -0.860. The molecule has 0 rings (SSSR count). The van der Waals surface area contributed by atoms with Crippen molar-refractivity contribution in [2.24, 2.45) is 0 Å². The molecule has 0 aromatic heterocycles. The lowest BCUT2D eigenvalue weighted by atomic mass is 10.0. The molecule has 0 heterocycles. The third-order valence-corrected chi connectivity index (χ3v) is 1.84. The Morgan fingerprint density at radius 3 is 2.23 bits per heavy atom. The van der Waals surface area contributed by atoms with E-state index in [0.29, 0.717) is 6.42 Å². The smallest absolute Gasteiger partial charge is 0.217 e. The van der Waals surface area contributed by atoms with E-state index in [1.54, 1.807) is 0 Å². The Morgan fingerprint density at radius 2 is 1.85 bits per heavy atom. The summed E-state index contributed by atoms with van der Waals surface area (Å²) in [4.78, 5) is 22.2. The fraction of sp³-hybridized carbons (Fsp3) is 0.800. The molecule has 1 N–H and O–H groups in total. The van der Waals surface area contributed by atoms with Crippen molar-refractivity contribution in [1.29, 1.82) is 0 Å². The first-order valence-corrected chi connectivity index (χ1v) is 4.91. The summed E-state index contributed by atoms with van der Waals surface area (Å²) in [6.07, 6.45) is 3.07. The average Bonchev–Trinajstić information content (AvgIpc) is 2.03. The number of amides is 1. The summed E-state index contributed by atoms with van der Waals surface area (Å²) < 4.78 is 0. The predicted molar refractivity (Wildman–Crippen MR) is 52.4 cm³/mol. The monoisotopic (exact) mass is 185 g/mol. The van der Waals surface area contributed by atoms with E-state index in [-0.39, 0.29) is 17.7 Å². The van der Waals surface area contributed by atoms with Crippen LogP contribution in [-0.4, -0.2) is 17.7 Å². The third-order valence-electron chi connectivity index (χ3n) is 1.84. The van der Waals surface area contributed by atoms with E-state index in [2.05, 4.69) is 5.32 Å². The quantitative estimate of drug-likeness (QED) is 0.684. The summed E-state index contributed by atoms with van der Waals surface area (Å²) in [7, 11) is 0. The average molecular weight is 185 g/mol. The minimum absolute atomic E-state index is 0.122. The zero-order valence-electron chi connectivity index (χ0n) is 8.72. The second-order valence-electron chi connectivity index (χ2n) is 3.26. The van der Waals surface area contributed by atoms with Gasteiger partial charge in [-0.2, -0.15) is 0 Å². The normalized spacial score (nSPS) is 12.2. The first-order valence-electron chi connectivity index (χ1n) is 4.91. The highest BCUT2D eigenvalue weighted by molar-refractivity contribution is 5.88. The molecule has 0 spiro atoms. The molecule has 0 saturated heterocycles. The molecule has 0 saturated carbocycles. The van der Waals surface area contributed by atoms with Gasteiger partial charge in [-0.05, 0) is 12.8 Å². The molecule has 0 fully saturated rings. The number of hydrogen-bond acceptors (Lipinski definition) is 2. The number of carbonyl (C=O) groups is 2. The van der Waals surface area contributed by atoms with E-state index < -0.39 is 0 Å². The van der Waals surface area contributed by atoms with Crippen LogP contribution in [0.4, 0.5) is 0 Å².